The molecule has 25 heavy (non-hydrogen) atoms. The molecule has 3 rings (SSSR count). The number of hydrogen-bond acceptors (Lipinski definition) is 7. The molecular weight excluding hydrogens is 386 g/mol. The Labute approximate surface area is 154 Å². The van der Waals surface area contributed by atoms with Gasteiger partial charge >= 0.3 is 0 Å². The van der Waals surface area contributed by atoms with Gasteiger partial charge in [-0.3, -0.25) is 9.78 Å². The van der Waals surface area contributed by atoms with E-state index in [4.69, 9.17) is 0 Å². The number of amides is 1. The Bertz CT molecular complexity index is 762. The van der Waals surface area contributed by atoms with Crippen molar-refractivity contribution in [1.29, 1.82) is 0 Å². The van der Waals surface area contributed by atoms with E-state index in [1.165, 1.54) is 6.20 Å². The lowest BCUT2D eigenvalue weighted by Crippen LogP contribution is -2.27. The Balaban J connectivity index is 1.75. The molecule has 132 valence electrons. The van der Waals surface area contributed by atoms with E-state index >= 15 is 0 Å². The summed E-state index contributed by atoms with van der Waals surface area (Å²) in [5.41, 5.74) is 0.482. The van der Waals surface area contributed by atoms with Crippen LogP contribution in [0, 0.1) is 0 Å². The van der Waals surface area contributed by atoms with Gasteiger partial charge in [-0.1, -0.05) is 0 Å². The van der Waals surface area contributed by atoms with Gasteiger partial charge in [-0.25, -0.2) is 0 Å². The van der Waals surface area contributed by atoms with Crippen molar-refractivity contribution in [2.75, 3.05) is 37.0 Å². The summed E-state index contributed by atoms with van der Waals surface area (Å²) in [6, 6.07) is 1.72. The van der Waals surface area contributed by atoms with Crippen LogP contribution in [0.25, 0.3) is 0 Å². The third kappa shape index (κ3) is 4.41. The van der Waals surface area contributed by atoms with Crippen LogP contribution in [0.1, 0.15) is 29.0 Å². The molecule has 8 nitrogen and oxygen atoms in total. The van der Waals surface area contributed by atoms with E-state index in [0.29, 0.717) is 23.3 Å². The zero-order chi connectivity index (χ0) is 17.8. The van der Waals surface area contributed by atoms with Gasteiger partial charge < -0.3 is 15.1 Å². The zero-order valence-corrected chi connectivity index (χ0v) is 15.8. The highest BCUT2D eigenvalue weighted by Gasteiger charge is 2.18. The summed E-state index contributed by atoms with van der Waals surface area (Å²) in [7, 11) is 3.78. The first-order valence-electron chi connectivity index (χ1n) is 8.09. The first-order chi connectivity index (χ1) is 12.0. The Hall–Kier alpha value is -2.29. The van der Waals surface area contributed by atoms with Crippen molar-refractivity contribution in [3.63, 3.8) is 0 Å². The summed E-state index contributed by atoms with van der Waals surface area (Å²) < 4.78 is 0.756. The van der Waals surface area contributed by atoms with Crippen LogP contribution in [0.2, 0.25) is 0 Å². The molecule has 0 unspecified atom stereocenters. The molecule has 0 atom stereocenters. The molecule has 2 aromatic heterocycles. The smallest absolute Gasteiger partial charge is 0.253 e. The summed E-state index contributed by atoms with van der Waals surface area (Å²) in [5.74, 6) is 1.58. The normalized spacial score (nSPS) is 13.8. The largest absolute Gasteiger partial charge is 0.347 e. The SMILES string of the molecule is CN(C)c1nc(CNC(=O)c2cncc(Br)c2)nc(N2CCCC2)n1. The fourth-order valence-electron chi connectivity index (χ4n) is 2.53. The molecule has 9 heteroatoms. The van der Waals surface area contributed by atoms with Gasteiger partial charge in [0, 0.05) is 44.1 Å². The maximum Gasteiger partial charge on any atom is 0.253 e. The maximum absolute atomic E-state index is 12.3. The monoisotopic (exact) mass is 405 g/mol. The highest BCUT2D eigenvalue weighted by atomic mass is 79.9. The fraction of sp³-hybridized carbons (Fsp3) is 0.438. The third-order valence-electron chi connectivity index (χ3n) is 3.82. The van der Waals surface area contributed by atoms with E-state index in [1.807, 2.05) is 19.0 Å². The molecule has 1 saturated heterocycles. The highest BCUT2D eigenvalue weighted by molar-refractivity contribution is 9.10. The fourth-order valence-corrected chi connectivity index (χ4v) is 2.90. The molecule has 0 spiro atoms. The molecule has 0 saturated carbocycles. The van der Waals surface area contributed by atoms with Gasteiger partial charge in [0.05, 0.1) is 12.1 Å². The first kappa shape index (κ1) is 17.5. The first-order valence-corrected chi connectivity index (χ1v) is 8.88. The van der Waals surface area contributed by atoms with Crippen LogP contribution in [0.3, 0.4) is 0 Å². The summed E-state index contributed by atoms with van der Waals surface area (Å²) in [4.78, 5) is 33.7. The Kier molecular flexibility index (Phi) is 5.42. The van der Waals surface area contributed by atoms with Crippen molar-refractivity contribution in [3.05, 3.63) is 34.3 Å². The zero-order valence-electron chi connectivity index (χ0n) is 14.2. The number of nitrogens with one attached hydrogen (secondary N) is 1. The molecule has 1 amide bonds. The number of anilines is 2. The second-order valence-electron chi connectivity index (χ2n) is 6.01. The van der Waals surface area contributed by atoms with Crippen molar-refractivity contribution in [1.82, 2.24) is 25.3 Å². The summed E-state index contributed by atoms with van der Waals surface area (Å²) in [6.45, 7) is 2.13. The van der Waals surface area contributed by atoms with Crippen LogP contribution in [0.15, 0.2) is 22.9 Å². The molecular formula is C16H20BrN7O. The number of hydrogen-bond donors (Lipinski definition) is 1. The number of rotatable bonds is 5. The minimum absolute atomic E-state index is 0.219. The van der Waals surface area contributed by atoms with E-state index in [9.17, 15) is 4.79 Å². The van der Waals surface area contributed by atoms with E-state index in [2.05, 4.69) is 46.1 Å². The maximum atomic E-state index is 12.3. The number of pyridine rings is 1. The van der Waals surface area contributed by atoms with E-state index in [0.717, 1.165) is 30.4 Å². The van der Waals surface area contributed by atoms with Crippen LogP contribution in [-0.4, -0.2) is 53.0 Å². The van der Waals surface area contributed by atoms with E-state index < -0.39 is 0 Å². The van der Waals surface area contributed by atoms with Gasteiger partial charge in [0.1, 0.15) is 0 Å². The number of aromatic nitrogens is 4. The van der Waals surface area contributed by atoms with Crippen LogP contribution in [0.4, 0.5) is 11.9 Å². The van der Waals surface area contributed by atoms with Crippen molar-refractivity contribution in [2.45, 2.75) is 19.4 Å². The van der Waals surface area contributed by atoms with E-state index in [-0.39, 0.29) is 12.5 Å². The quantitative estimate of drug-likeness (QED) is 0.808. The van der Waals surface area contributed by atoms with E-state index in [1.54, 1.807) is 12.3 Å². The van der Waals surface area contributed by atoms with Crippen LogP contribution in [0.5, 0.6) is 0 Å². The molecule has 3 heterocycles. The molecule has 0 radical (unpaired) electrons. The van der Waals surface area contributed by atoms with Crippen LogP contribution >= 0.6 is 15.9 Å². The lowest BCUT2D eigenvalue weighted by molar-refractivity contribution is 0.0949. The average Bonchev–Trinajstić information content (AvgIpc) is 3.14. The summed E-state index contributed by atoms with van der Waals surface area (Å²) in [6.07, 6.45) is 5.44. The van der Waals surface area contributed by atoms with Gasteiger partial charge in [0.2, 0.25) is 11.9 Å². The molecule has 1 N–H and O–H groups in total. The Morgan fingerprint density at radius 2 is 2.00 bits per heavy atom. The van der Waals surface area contributed by atoms with Crippen molar-refractivity contribution in [3.8, 4) is 0 Å². The van der Waals surface area contributed by atoms with Crippen molar-refractivity contribution in [2.24, 2.45) is 0 Å². The molecule has 1 aliphatic rings. The molecule has 0 bridgehead atoms. The number of halogens is 1. The Morgan fingerprint density at radius 3 is 2.68 bits per heavy atom. The minimum atomic E-state index is -0.219. The van der Waals surface area contributed by atoms with Gasteiger partial charge in [0.25, 0.3) is 5.91 Å². The predicted molar refractivity (Wildman–Crippen MR) is 98.7 cm³/mol. The number of carbonyl (C=O) groups is 1. The molecule has 0 aliphatic carbocycles. The van der Waals surface area contributed by atoms with Crippen LogP contribution < -0.4 is 15.1 Å². The van der Waals surface area contributed by atoms with Gasteiger partial charge in [0.15, 0.2) is 5.82 Å². The lowest BCUT2D eigenvalue weighted by Gasteiger charge is -2.18. The summed E-state index contributed by atoms with van der Waals surface area (Å²) >= 11 is 3.31. The number of carbonyl (C=O) groups excluding carboxylic acids is 1. The van der Waals surface area contributed by atoms with Gasteiger partial charge in [-0.15, -0.1) is 0 Å². The standard InChI is InChI=1S/C16H20BrN7O/c1-23(2)15-20-13(21-16(22-15)24-5-3-4-6-24)10-19-14(25)11-7-12(17)9-18-8-11/h7-9H,3-6,10H2,1-2H3,(H,19,25). The van der Waals surface area contributed by atoms with Crippen molar-refractivity contribution >= 4 is 33.7 Å². The predicted octanol–water partition coefficient (Wildman–Crippen LogP) is 1.63. The average molecular weight is 406 g/mol. The molecule has 2 aromatic rings. The minimum Gasteiger partial charge on any atom is -0.347 e. The topological polar surface area (TPSA) is 87.1 Å². The third-order valence-corrected chi connectivity index (χ3v) is 4.25. The Morgan fingerprint density at radius 1 is 1.24 bits per heavy atom. The van der Waals surface area contributed by atoms with Gasteiger partial charge in [-0.05, 0) is 34.8 Å². The molecule has 1 fully saturated rings. The summed E-state index contributed by atoms with van der Waals surface area (Å²) in [5, 5.41) is 2.84. The molecule has 0 aromatic carbocycles. The number of nitrogens with zero attached hydrogens (tertiary/aromatic N) is 6. The lowest BCUT2D eigenvalue weighted by atomic mass is 10.3. The van der Waals surface area contributed by atoms with Gasteiger partial charge in [-0.2, -0.15) is 15.0 Å². The second-order valence-corrected chi connectivity index (χ2v) is 6.93. The van der Waals surface area contributed by atoms with Crippen molar-refractivity contribution < 1.29 is 4.79 Å². The van der Waals surface area contributed by atoms with Crippen LogP contribution in [-0.2, 0) is 6.54 Å². The second kappa shape index (κ2) is 7.73. The highest BCUT2D eigenvalue weighted by Crippen LogP contribution is 2.18. The molecule has 1 aliphatic heterocycles.